The number of hydrogen-bond acceptors (Lipinski definition) is 4. The van der Waals surface area contributed by atoms with Crippen molar-refractivity contribution in [3.8, 4) is 5.75 Å². The second kappa shape index (κ2) is 7.00. The molecule has 1 heterocycles. The van der Waals surface area contributed by atoms with E-state index in [0.29, 0.717) is 24.6 Å². The normalized spacial score (nSPS) is 18.8. The van der Waals surface area contributed by atoms with Crippen molar-refractivity contribution >= 4 is 17.5 Å². The van der Waals surface area contributed by atoms with Crippen molar-refractivity contribution in [1.29, 1.82) is 0 Å². The fourth-order valence-electron chi connectivity index (χ4n) is 2.91. The highest BCUT2D eigenvalue weighted by molar-refractivity contribution is 5.95. The summed E-state index contributed by atoms with van der Waals surface area (Å²) in [5, 5.41) is 2.92. The smallest absolute Gasteiger partial charge is 0.258 e. The first-order valence-corrected chi connectivity index (χ1v) is 8.20. The van der Waals surface area contributed by atoms with Crippen molar-refractivity contribution in [3.63, 3.8) is 0 Å². The molecule has 23 heavy (non-hydrogen) atoms. The van der Waals surface area contributed by atoms with Gasteiger partial charge in [0.05, 0.1) is 0 Å². The van der Waals surface area contributed by atoms with Gasteiger partial charge in [-0.25, -0.2) is 0 Å². The molecule has 1 unspecified atom stereocenters. The monoisotopic (exact) mass is 317 g/mol. The third kappa shape index (κ3) is 4.01. The lowest BCUT2D eigenvalue weighted by molar-refractivity contribution is -0.124. The number of benzene rings is 1. The largest absolute Gasteiger partial charge is 0.484 e. The van der Waals surface area contributed by atoms with Gasteiger partial charge in [-0.2, -0.15) is 0 Å². The number of anilines is 1. The van der Waals surface area contributed by atoms with Gasteiger partial charge in [0.15, 0.2) is 6.61 Å². The quantitative estimate of drug-likeness (QED) is 0.787. The number of nitrogens with one attached hydrogen (secondary N) is 1. The van der Waals surface area contributed by atoms with Crippen molar-refractivity contribution in [2.45, 2.75) is 31.7 Å². The molecule has 3 N–H and O–H groups in total. The third-order valence-corrected chi connectivity index (χ3v) is 4.38. The van der Waals surface area contributed by atoms with Gasteiger partial charge >= 0.3 is 0 Å². The van der Waals surface area contributed by atoms with Crippen molar-refractivity contribution in [1.82, 2.24) is 5.32 Å². The van der Waals surface area contributed by atoms with E-state index in [0.717, 1.165) is 31.5 Å². The van der Waals surface area contributed by atoms with E-state index < -0.39 is 0 Å². The number of nitrogens with two attached hydrogens (primary N) is 1. The zero-order valence-electron chi connectivity index (χ0n) is 13.2. The van der Waals surface area contributed by atoms with Crippen LogP contribution in [0.2, 0.25) is 0 Å². The number of hydrogen-bond donors (Lipinski definition) is 2. The number of nitrogens with zero attached hydrogens (tertiary/aromatic N) is 1. The maximum atomic E-state index is 11.9. The summed E-state index contributed by atoms with van der Waals surface area (Å²) in [7, 11) is 0. The molecule has 0 bridgehead atoms. The minimum absolute atomic E-state index is 0.0226. The predicted molar refractivity (Wildman–Crippen MR) is 87.2 cm³/mol. The van der Waals surface area contributed by atoms with Crippen molar-refractivity contribution < 1.29 is 14.3 Å². The highest BCUT2D eigenvalue weighted by Crippen LogP contribution is 2.32. The maximum absolute atomic E-state index is 11.9. The van der Waals surface area contributed by atoms with Crippen molar-refractivity contribution in [3.05, 3.63) is 24.3 Å². The van der Waals surface area contributed by atoms with Crippen LogP contribution < -0.4 is 20.7 Å². The summed E-state index contributed by atoms with van der Waals surface area (Å²) in [4.78, 5) is 25.4. The molecule has 1 atom stereocenters. The van der Waals surface area contributed by atoms with Crippen LogP contribution in [0.5, 0.6) is 5.75 Å². The van der Waals surface area contributed by atoms with Crippen LogP contribution in [0.1, 0.15) is 25.7 Å². The second-order valence-electron chi connectivity index (χ2n) is 6.18. The second-order valence-corrected chi connectivity index (χ2v) is 6.18. The van der Waals surface area contributed by atoms with Crippen LogP contribution in [0.4, 0.5) is 5.69 Å². The number of carbonyl (C=O) groups excluding carboxylic acids is 2. The summed E-state index contributed by atoms with van der Waals surface area (Å²) in [5.41, 5.74) is 6.55. The molecule has 124 valence electrons. The number of rotatable bonds is 7. The number of ether oxygens (including phenoxy) is 1. The Kier molecular flexibility index (Phi) is 4.81. The van der Waals surface area contributed by atoms with Gasteiger partial charge in [-0.3, -0.25) is 9.59 Å². The van der Waals surface area contributed by atoms with Crippen LogP contribution in [0.3, 0.4) is 0 Å². The van der Waals surface area contributed by atoms with Crippen LogP contribution in [-0.4, -0.2) is 37.6 Å². The van der Waals surface area contributed by atoms with Gasteiger partial charge in [-0.1, -0.05) is 0 Å². The summed E-state index contributed by atoms with van der Waals surface area (Å²) in [6.07, 6.45) is 3.79. The summed E-state index contributed by atoms with van der Waals surface area (Å²) >= 11 is 0. The summed E-state index contributed by atoms with van der Waals surface area (Å²) in [6.45, 7) is 1.21. The van der Waals surface area contributed by atoms with Crippen molar-refractivity contribution in [2.75, 3.05) is 24.6 Å². The topological polar surface area (TPSA) is 84.7 Å². The van der Waals surface area contributed by atoms with Crippen molar-refractivity contribution in [2.24, 2.45) is 11.7 Å². The molecule has 6 heteroatoms. The van der Waals surface area contributed by atoms with Gasteiger partial charge < -0.3 is 20.7 Å². The molecule has 0 spiro atoms. The zero-order chi connectivity index (χ0) is 16.2. The van der Waals surface area contributed by atoms with Crippen LogP contribution >= 0.6 is 0 Å². The standard InChI is InChI=1S/C17H23N3O3/c18-10-15(12-3-4-12)19-16(21)11-23-14-7-5-13(6-8-14)20-9-1-2-17(20)22/h5-8,12,15H,1-4,9-11,18H2,(H,19,21). The Morgan fingerprint density at radius 3 is 2.65 bits per heavy atom. The van der Waals surface area contributed by atoms with Gasteiger partial charge in [0.2, 0.25) is 5.91 Å². The summed E-state index contributed by atoms with van der Waals surface area (Å²) in [6, 6.07) is 7.34. The van der Waals surface area contributed by atoms with Crippen LogP contribution in [-0.2, 0) is 9.59 Å². The fraction of sp³-hybridized carbons (Fsp3) is 0.529. The zero-order valence-corrected chi connectivity index (χ0v) is 13.2. The lowest BCUT2D eigenvalue weighted by atomic mass is 10.2. The highest BCUT2D eigenvalue weighted by atomic mass is 16.5. The SMILES string of the molecule is NCC(NC(=O)COc1ccc(N2CCCC2=O)cc1)C1CC1. The lowest BCUT2D eigenvalue weighted by Crippen LogP contribution is -2.43. The summed E-state index contributed by atoms with van der Waals surface area (Å²) in [5.74, 6) is 1.16. The molecule has 0 aromatic heterocycles. The average Bonchev–Trinajstić information content (AvgIpc) is 3.32. The molecule has 2 fully saturated rings. The van der Waals surface area contributed by atoms with E-state index in [1.165, 1.54) is 0 Å². The Labute approximate surface area is 136 Å². The first-order valence-electron chi connectivity index (χ1n) is 8.20. The average molecular weight is 317 g/mol. The van der Waals surface area contributed by atoms with E-state index in [4.69, 9.17) is 10.5 Å². The molecular formula is C17H23N3O3. The molecule has 1 aliphatic heterocycles. The molecule has 1 saturated heterocycles. The molecule has 1 aromatic carbocycles. The van der Waals surface area contributed by atoms with E-state index in [1.54, 1.807) is 17.0 Å². The minimum Gasteiger partial charge on any atom is -0.484 e. The minimum atomic E-state index is -0.147. The first kappa shape index (κ1) is 15.8. The molecule has 6 nitrogen and oxygen atoms in total. The van der Waals surface area contributed by atoms with E-state index >= 15 is 0 Å². The van der Waals surface area contributed by atoms with E-state index in [9.17, 15) is 9.59 Å². The van der Waals surface area contributed by atoms with Crippen LogP contribution in [0, 0.1) is 5.92 Å². The molecular weight excluding hydrogens is 294 g/mol. The molecule has 2 aliphatic rings. The number of carbonyl (C=O) groups is 2. The van der Waals surface area contributed by atoms with Crippen LogP contribution in [0.15, 0.2) is 24.3 Å². The predicted octanol–water partition coefficient (Wildman–Crippen LogP) is 1.05. The molecule has 1 aromatic rings. The Balaban J connectivity index is 1.48. The molecule has 1 aliphatic carbocycles. The van der Waals surface area contributed by atoms with Gasteiger partial charge in [-0.15, -0.1) is 0 Å². The fourth-order valence-corrected chi connectivity index (χ4v) is 2.91. The molecule has 3 rings (SSSR count). The maximum Gasteiger partial charge on any atom is 0.258 e. The molecule has 0 radical (unpaired) electrons. The Bertz CT molecular complexity index is 569. The van der Waals surface area contributed by atoms with E-state index in [1.807, 2.05) is 12.1 Å². The highest BCUT2D eigenvalue weighted by Gasteiger charge is 2.31. The van der Waals surface area contributed by atoms with Gasteiger partial charge in [0.25, 0.3) is 5.91 Å². The third-order valence-electron chi connectivity index (χ3n) is 4.38. The van der Waals surface area contributed by atoms with Gasteiger partial charge in [-0.05, 0) is 49.4 Å². The van der Waals surface area contributed by atoms with Crippen LogP contribution in [0.25, 0.3) is 0 Å². The molecule has 1 saturated carbocycles. The van der Waals surface area contributed by atoms with Gasteiger partial charge in [0, 0.05) is 31.2 Å². The summed E-state index contributed by atoms with van der Waals surface area (Å²) < 4.78 is 5.50. The van der Waals surface area contributed by atoms with E-state index in [2.05, 4.69) is 5.32 Å². The Morgan fingerprint density at radius 1 is 1.35 bits per heavy atom. The Morgan fingerprint density at radius 2 is 2.09 bits per heavy atom. The number of amides is 2. The molecule has 2 amide bonds. The first-order chi connectivity index (χ1) is 11.2. The Hall–Kier alpha value is -2.08. The van der Waals surface area contributed by atoms with Gasteiger partial charge in [0.1, 0.15) is 5.75 Å². The van der Waals surface area contributed by atoms with E-state index in [-0.39, 0.29) is 24.5 Å². The lowest BCUT2D eigenvalue weighted by Gasteiger charge is -2.17.